The van der Waals surface area contributed by atoms with Crippen LogP contribution in [0.4, 0.5) is 0 Å². The second-order valence-electron chi connectivity index (χ2n) is 8.91. The van der Waals surface area contributed by atoms with Crippen molar-refractivity contribution < 1.29 is 32.3 Å². The molecule has 3 rings (SSSR count). The number of carbonyl (C=O) groups excluding carboxylic acids is 1. The molecule has 2 aromatic rings. The van der Waals surface area contributed by atoms with Gasteiger partial charge in [-0.3, -0.25) is 0 Å². The van der Waals surface area contributed by atoms with E-state index in [1.165, 1.54) is 22.0 Å². The van der Waals surface area contributed by atoms with Crippen LogP contribution in [0, 0.1) is 0 Å². The predicted molar refractivity (Wildman–Crippen MR) is 133 cm³/mol. The molecular weight excluding hydrogens is 476 g/mol. The molecule has 0 aromatic heterocycles. The fourth-order valence-corrected chi connectivity index (χ4v) is 5.54. The maximum Gasteiger partial charge on any atom is 0.338 e. The molecule has 0 saturated carbocycles. The van der Waals surface area contributed by atoms with Gasteiger partial charge in [-0.05, 0) is 47.7 Å². The lowest BCUT2D eigenvalue weighted by Crippen LogP contribution is -2.26. The van der Waals surface area contributed by atoms with Crippen LogP contribution in [-0.4, -0.2) is 55.4 Å². The van der Waals surface area contributed by atoms with Gasteiger partial charge in [0.15, 0.2) is 4.90 Å². The Bertz CT molecular complexity index is 1040. The molecule has 34 heavy (non-hydrogen) atoms. The second kappa shape index (κ2) is 12.6. The summed E-state index contributed by atoms with van der Waals surface area (Å²) in [7, 11) is -4.32. The number of unbranched alkanes of at least 4 members (excludes halogenated alkanes) is 1. The first kappa shape index (κ1) is 28.2. The van der Waals surface area contributed by atoms with Gasteiger partial charge in [0, 0.05) is 10.9 Å². The summed E-state index contributed by atoms with van der Waals surface area (Å²) in [4.78, 5) is 12.2. The van der Waals surface area contributed by atoms with Crippen LogP contribution in [0.2, 0.25) is 0 Å². The number of phenolic OH excluding ortho intramolecular Hbond substituents is 1. The fourth-order valence-electron chi connectivity index (χ4n) is 3.15. The monoisotopic (exact) mass is 510 g/mol. The van der Waals surface area contributed by atoms with Gasteiger partial charge < -0.3 is 19.1 Å². The highest BCUT2D eigenvalue weighted by Crippen LogP contribution is 2.25. The first-order valence-corrected chi connectivity index (χ1v) is 14.2. The normalized spacial score (nSPS) is 14.7. The summed E-state index contributed by atoms with van der Waals surface area (Å²) in [6.45, 7) is 10.8. The number of benzene rings is 2. The average molecular weight is 511 g/mol. The smallest absolute Gasteiger partial charge is 0.338 e. The Hall–Kier alpha value is -2.07. The maximum atomic E-state index is 11.5. The average Bonchev–Trinajstić information content (AvgIpc) is 2.79. The highest BCUT2D eigenvalue weighted by molar-refractivity contribution is 7.97. The van der Waals surface area contributed by atoms with Crippen LogP contribution in [-0.2, 0) is 35.9 Å². The molecule has 0 unspecified atom stereocenters. The van der Waals surface area contributed by atoms with Crippen LogP contribution in [0.5, 0.6) is 5.75 Å². The van der Waals surface area contributed by atoms with E-state index in [1.807, 2.05) is 6.92 Å². The lowest BCUT2D eigenvalue weighted by Gasteiger charge is -2.19. The zero-order valence-corrected chi connectivity index (χ0v) is 21.8. The molecule has 1 N–H and O–H groups in total. The molecular formula is C25H34O7S2. The van der Waals surface area contributed by atoms with E-state index in [1.54, 1.807) is 0 Å². The van der Waals surface area contributed by atoms with Crippen molar-refractivity contribution in [2.24, 2.45) is 0 Å². The van der Waals surface area contributed by atoms with E-state index in [0.717, 1.165) is 37.8 Å². The van der Waals surface area contributed by atoms with Crippen molar-refractivity contribution in [1.82, 2.24) is 0 Å². The molecule has 2 aromatic carbocycles. The molecule has 1 saturated heterocycles. The minimum Gasteiger partial charge on any atom is -0.744 e. The molecule has 0 aliphatic carbocycles. The van der Waals surface area contributed by atoms with Crippen molar-refractivity contribution in [2.45, 2.75) is 55.7 Å². The zero-order valence-electron chi connectivity index (χ0n) is 20.2. The summed E-state index contributed by atoms with van der Waals surface area (Å²) in [5.41, 5.74) is 1.68. The van der Waals surface area contributed by atoms with Crippen LogP contribution in [0.15, 0.2) is 52.3 Å². The molecule has 1 aliphatic rings. The maximum absolute atomic E-state index is 11.5. The number of rotatable bonds is 6. The van der Waals surface area contributed by atoms with Gasteiger partial charge in [-0.15, -0.1) is 0 Å². The molecule has 0 radical (unpaired) electrons. The fraction of sp³-hybridized carbons (Fsp3) is 0.480. The van der Waals surface area contributed by atoms with Gasteiger partial charge in [-0.1, -0.05) is 46.2 Å². The lowest BCUT2D eigenvalue weighted by molar-refractivity contribution is 0.0499. The number of ether oxygens (including phenoxy) is 2. The Balaban J connectivity index is 0.000000241. The summed E-state index contributed by atoms with van der Waals surface area (Å²) in [5, 5.41) is 9.36. The highest BCUT2D eigenvalue weighted by Gasteiger charge is 2.25. The lowest BCUT2D eigenvalue weighted by atomic mass is 9.87. The van der Waals surface area contributed by atoms with E-state index in [4.69, 9.17) is 9.47 Å². The predicted octanol–water partition coefficient (Wildman–Crippen LogP) is 4.24. The molecule has 188 valence electrons. The van der Waals surface area contributed by atoms with Crippen molar-refractivity contribution in [3.8, 4) is 5.75 Å². The van der Waals surface area contributed by atoms with Crippen LogP contribution >= 0.6 is 0 Å². The molecule has 1 fully saturated rings. The molecule has 7 nitrogen and oxygen atoms in total. The molecule has 1 heterocycles. The molecule has 0 spiro atoms. The first-order chi connectivity index (χ1) is 15.9. The van der Waals surface area contributed by atoms with Crippen molar-refractivity contribution in [3.63, 3.8) is 0 Å². The van der Waals surface area contributed by atoms with Gasteiger partial charge in [-0.2, -0.15) is 0 Å². The SMILES string of the molecule is CC(C)(C)c1ccc([S+]2CCOCC2)cc1.CCCCOC(=O)c1ccc(S(=O)(=O)[O-])c(O)c1. The van der Waals surface area contributed by atoms with E-state index in [0.29, 0.717) is 17.3 Å². The van der Waals surface area contributed by atoms with Crippen LogP contribution < -0.4 is 0 Å². The van der Waals surface area contributed by atoms with Crippen molar-refractivity contribution >= 4 is 27.0 Å². The third kappa shape index (κ3) is 8.61. The van der Waals surface area contributed by atoms with Crippen LogP contribution in [0.1, 0.15) is 56.5 Å². The third-order valence-electron chi connectivity index (χ3n) is 5.20. The molecule has 9 heteroatoms. The largest absolute Gasteiger partial charge is 0.744 e. The van der Waals surface area contributed by atoms with Crippen molar-refractivity contribution in [2.75, 3.05) is 31.3 Å². The zero-order chi connectivity index (χ0) is 25.4. The topological polar surface area (TPSA) is 113 Å². The summed E-state index contributed by atoms with van der Waals surface area (Å²) in [6.07, 6.45) is 1.58. The summed E-state index contributed by atoms with van der Waals surface area (Å²) in [5.74, 6) is 0.979. The number of esters is 1. The Kier molecular flexibility index (Phi) is 10.4. The van der Waals surface area contributed by atoms with E-state index >= 15 is 0 Å². The summed E-state index contributed by atoms with van der Waals surface area (Å²) < 4.78 is 42.4. The van der Waals surface area contributed by atoms with Gasteiger partial charge in [0.05, 0.1) is 30.3 Å². The van der Waals surface area contributed by atoms with Gasteiger partial charge in [0.25, 0.3) is 0 Å². The Morgan fingerprint density at radius 3 is 2.24 bits per heavy atom. The van der Waals surface area contributed by atoms with Gasteiger partial charge in [-0.25, -0.2) is 13.2 Å². The van der Waals surface area contributed by atoms with E-state index in [2.05, 4.69) is 45.0 Å². The van der Waals surface area contributed by atoms with Crippen molar-refractivity contribution in [1.29, 1.82) is 0 Å². The number of hydrogen-bond acceptors (Lipinski definition) is 7. The van der Waals surface area contributed by atoms with Crippen LogP contribution in [0.3, 0.4) is 0 Å². The first-order valence-electron chi connectivity index (χ1n) is 11.2. The minimum atomic E-state index is -4.75. The molecule has 1 aliphatic heterocycles. The van der Waals surface area contributed by atoms with Gasteiger partial charge >= 0.3 is 5.97 Å². The quantitative estimate of drug-likeness (QED) is 0.268. The van der Waals surface area contributed by atoms with Gasteiger partial charge in [0.2, 0.25) is 0 Å². The standard InChI is InChI=1S/C14H21OS.C11H14O6S/c1-14(2,3)12-4-6-13(7-5-12)16-10-8-15-9-11-16;1-2-3-6-17-11(13)8-4-5-10(9(12)7-8)18(14,15)16/h4-7H,8-11H2,1-3H3;4-5,7,12H,2-3,6H2,1H3,(H,14,15,16)/q+1;/p-1. The van der Waals surface area contributed by atoms with Crippen LogP contribution in [0.25, 0.3) is 0 Å². The third-order valence-corrected chi connectivity index (χ3v) is 8.34. The second-order valence-corrected chi connectivity index (χ2v) is 12.5. The molecule has 0 amide bonds. The molecule has 0 bridgehead atoms. The Morgan fingerprint density at radius 1 is 1.12 bits per heavy atom. The summed E-state index contributed by atoms with van der Waals surface area (Å²) in [6, 6.07) is 12.1. The van der Waals surface area contributed by atoms with Gasteiger partial charge in [0.1, 0.15) is 27.4 Å². The molecule has 0 atom stereocenters. The Labute approximate surface area is 205 Å². The van der Waals surface area contributed by atoms with E-state index in [9.17, 15) is 22.9 Å². The van der Waals surface area contributed by atoms with Crippen molar-refractivity contribution in [3.05, 3.63) is 53.6 Å². The number of carbonyl (C=O) groups is 1. The number of aromatic hydroxyl groups is 1. The summed E-state index contributed by atoms with van der Waals surface area (Å²) >= 11 is 0. The minimum absolute atomic E-state index is 0.00370. The highest BCUT2D eigenvalue weighted by atomic mass is 32.2. The van der Waals surface area contributed by atoms with E-state index in [-0.39, 0.29) is 17.6 Å². The number of phenols is 1. The van der Waals surface area contributed by atoms with E-state index < -0.39 is 26.7 Å². The number of hydrogen-bond donors (Lipinski definition) is 1. The Morgan fingerprint density at radius 2 is 1.74 bits per heavy atom.